The van der Waals surface area contributed by atoms with Gasteiger partial charge in [-0.25, -0.2) is 0 Å². The highest BCUT2D eigenvalue weighted by Gasteiger charge is 2.22. The van der Waals surface area contributed by atoms with Crippen molar-refractivity contribution in [3.8, 4) is 0 Å². The summed E-state index contributed by atoms with van der Waals surface area (Å²) in [5.41, 5.74) is 0.932. The van der Waals surface area contributed by atoms with Gasteiger partial charge in [-0.05, 0) is 49.2 Å². The first kappa shape index (κ1) is 15.2. The van der Waals surface area contributed by atoms with Gasteiger partial charge >= 0.3 is 0 Å². The van der Waals surface area contributed by atoms with Crippen molar-refractivity contribution in [3.05, 3.63) is 30.2 Å². The van der Waals surface area contributed by atoms with E-state index in [1.807, 2.05) is 30.0 Å². The molecule has 6 heteroatoms. The number of nitrogens with zero attached hydrogens (tertiary/aromatic N) is 3. The van der Waals surface area contributed by atoms with Gasteiger partial charge in [-0.2, -0.15) is 23.5 Å². The lowest BCUT2D eigenvalue weighted by atomic mass is 10.1. The lowest BCUT2D eigenvalue weighted by Gasteiger charge is -2.27. The molecule has 0 aromatic carbocycles. The molecule has 1 N–H and O–H groups in total. The van der Waals surface area contributed by atoms with Crippen LogP contribution >= 0.6 is 23.5 Å². The third-order valence-electron chi connectivity index (χ3n) is 3.86. The van der Waals surface area contributed by atoms with Crippen LogP contribution in [0.3, 0.4) is 0 Å². The van der Waals surface area contributed by atoms with Crippen LogP contribution < -0.4 is 5.32 Å². The maximum absolute atomic E-state index is 4.45. The van der Waals surface area contributed by atoms with Crippen LogP contribution in [-0.2, 0) is 0 Å². The van der Waals surface area contributed by atoms with Gasteiger partial charge in [-0.15, -0.1) is 10.2 Å². The summed E-state index contributed by atoms with van der Waals surface area (Å²) < 4.78 is 2.12. The zero-order chi connectivity index (χ0) is 14.5. The van der Waals surface area contributed by atoms with Gasteiger partial charge in [0.2, 0.25) is 0 Å². The quantitative estimate of drug-likeness (QED) is 0.885. The van der Waals surface area contributed by atoms with E-state index in [9.17, 15) is 0 Å². The Morgan fingerprint density at radius 3 is 3.24 bits per heavy atom. The monoisotopic (exact) mass is 322 g/mol. The minimum atomic E-state index is 0.290. The number of nitrogens with one attached hydrogen (secondary N) is 1. The number of thioether (sulfide) groups is 2. The van der Waals surface area contributed by atoms with Crippen molar-refractivity contribution < 1.29 is 0 Å². The van der Waals surface area contributed by atoms with E-state index in [1.165, 1.54) is 24.3 Å². The Kier molecular flexibility index (Phi) is 5.43. The molecule has 1 fully saturated rings. The minimum absolute atomic E-state index is 0.290. The van der Waals surface area contributed by atoms with Gasteiger partial charge in [-0.3, -0.25) is 4.40 Å². The zero-order valence-corrected chi connectivity index (χ0v) is 14.0. The van der Waals surface area contributed by atoms with Gasteiger partial charge in [0.05, 0.1) is 6.04 Å². The standard InChI is InChI=1S/C15H22N4S2/c1-20-10-7-13(16-12-5-4-9-21-11-12)15-18-17-14-6-2-3-8-19(14)15/h2-3,6,8,12-13,16H,4-5,7,9-11H2,1H3/t12-,13+/m0/s1. The summed E-state index contributed by atoms with van der Waals surface area (Å²) in [6, 6.07) is 6.96. The summed E-state index contributed by atoms with van der Waals surface area (Å²) >= 11 is 3.95. The molecule has 0 unspecified atom stereocenters. The van der Waals surface area contributed by atoms with Crippen molar-refractivity contribution in [3.63, 3.8) is 0 Å². The van der Waals surface area contributed by atoms with Gasteiger partial charge in [-0.1, -0.05) is 6.07 Å². The molecule has 2 atom stereocenters. The number of aromatic nitrogens is 3. The Balaban J connectivity index is 1.80. The Labute approximate surface area is 134 Å². The van der Waals surface area contributed by atoms with E-state index in [2.05, 4.69) is 44.1 Å². The Morgan fingerprint density at radius 2 is 2.43 bits per heavy atom. The second kappa shape index (κ2) is 7.51. The van der Waals surface area contributed by atoms with E-state index in [1.54, 1.807) is 0 Å². The number of hydrogen-bond acceptors (Lipinski definition) is 5. The Bertz CT molecular complexity index is 566. The molecule has 1 saturated heterocycles. The summed E-state index contributed by atoms with van der Waals surface area (Å²) in [5.74, 6) is 4.71. The van der Waals surface area contributed by atoms with Gasteiger partial charge in [0.25, 0.3) is 0 Å². The van der Waals surface area contributed by atoms with Crippen LogP contribution in [0.15, 0.2) is 24.4 Å². The number of fused-ring (bicyclic) bond motifs is 1. The molecule has 114 valence electrons. The molecule has 2 aromatic heterocycles. The van der Waals surface area contributed by atoms with E-state index in [4.69, 9.17) is 0 Å². The van der Waals surface area contributed by atoms with Crippen molar-refractivity contribution in [2.24, 2.45) is 0 Å². The van der Waals surface area contributed by atoms with E-state index >= 15 is 0 Å². The molecular weight excluding hydrogens is 300 g/mol. The van der Waals surface area contributed by atoms with E-state index in [-0.39, 0.29) is 0 Å². The number of rotatable bonds is 6. The lowest BCUT2D eigenvalue weighted by molar-refractivity contribution is 0.411. The summed E-state index contributed by atoms with van der Waals surface area (Å²) in [5, 5.41) is 12.6. The van der Waals surface area contributed by atoms with Crippen LogP contribution in [-0.4, -0.2) is 44.2 Å². The van der Waals surface area contributed by atoms with Gasteiger partial charge in [0, 0.05) is 18.0 Å². The molecular formula is C15H22N4S2. The van der Waals surface area contributed by atoms with Crippen LogP contribution in [0.4, 0.5) is 0 Å². The average molecular weight is 323 g/mol. The maximum Gasteiger partial charge on any atom is 0.160 e. The molecule has 0 bridgehead atoms. The molecule has 1 aliphatic heterocycles. The Hall–Kier alpha value is -0.720. The fraction of sp³-hybridized carbons (Fsp3) is 0.600. The molecule has 3 heterocycles. The molecule has 0 spiro atoms. The largest absolute Gasteiger partial charge is 0.304 e. The van der Waals surface area contributed by atoms with Gasteiger partial charge in [0.1, 0.15) is 0 Å². The first-order valence-electron chi connectivity index (χ1n) is 7.51. The van der Waals surface area contributed by atoms with Crippen LogP contribution in [0.25, 0.3) is 5.65 Å². The highest BCUT2D eigenvalue weighted by atomic mass is 32.2. The third kappa shape index (κ3) is 3.73. The second-order valence-electron chi connectivity index (χ2n) is 5.40. The highest BCUT2D eigenvalue weighted by molar-refractivity contribution is 7.99. The molecule has 0 aliphatic carbocycles. The minimum Gasteiger partial charge on any atom is -0.304 e. The van der Waals surface area contributed by atoms with E-state index in [0.717, 1.165) is 23.6 Å². The highest BCUT2D eigenvalue weighted by Crippen LogP contribution is 2.23. The van der Waals surface area contributed by atoms with Crippen LogP contribution in [0.2, 0.25) is 0 Å². The van der Waals surface area contributed by atoms with Crippen molar-refractivity contribution in [2.45, 2.75) is 31.3 Å². The number of hydrogen-bond donors (Lipinski definition) is 1. The van der Waals surface area contributed by atoms with Crippen molar-refractivity contribution in [1.82, 2.24) is 19.9 Å². The molecule has 0 saturated carbocycles. The van der Waals surface area contributed by atoms with Crippen molar-refractivity contribution >= 4 is 29.2 Å². The first-order valence-corrected chi connectivity index (χ1v) is 10.1. The topological polar surface area (TPSA) is 42.2 Å². The van der Waals surface area contributed by atoms with Crippen molar-refractivity contribution in [2.75, 3.05) is 23.5 Å². The average Bonchev–Trinajstić information content (AvgIpc) is 2.96. The molecule has 0 amide bonds. The second-order valence-corrected chi connectivity index (χ2v) is 7.54. The molecule has 3 rings (SSSR count). The van der Waals surface area contributed by atoms with Crippen LogP contribution in [0.5, 0.6) is 0 Å². The predicted molar refractivity (Wildman–Crippen MR) is 92.2 cm³/mol. The maximum atomic E-state index is 4.45. The summed E-state index contributed by atoms with van der Waals surface area (Å²) in [6.07, 6.45) is 7.92. The predicted octanol–water partition coefficient (Wildman–Crippen LogP) is 3.01. The number of pyridine rings is 1. The summed E-state index contributed by atoms with van der Waals surface area (Å²) in [4.78, 5) is 0. The summed E-state index contributed by atoms with van der Waals surface area (Å²) in [7, 11) is 0. The SMILES string of the molecule is CSCC[C@@H](N[C@H]1CCCSC1)c1nnc2ccccn12. The molecule has 4 nitrogen and oxygen atoms in total. The van der Waals surface area contributed by atoms with Crippen LogP contribution in [0.1, 0.15) is 31.1 Å². The molecule has 21 heavy (non-hydrogen) atoms. The van der Waals surface area contributed by atoms with Gasteiger partial charge in [0.15, 0.2) is 11.5 Å². The normalized spacial score (nSPS) is 20.7. The van der Waals surface area contributed by atoms with Crippen molar-refractivity contribution in [1.29, 1.82) is 0 Å². The summed E-state index contributed by atoms with van der Waals surface area (Å²) in [6.45, 7) is 0. The molecule has 1 aliphatic rings. The first-order chi connectivity index (χ1) is 10.4. The Morgan fingerprint density at radius 1 is 1.48 bits per heavy atom. The van der Waals surface area contributed by atoms with E-state index in [0.29, 0.717) is 12.1 Å². The lowest BCUT2D eigenvalue weighted by Crippen LogP contribution is -2.37. The van der Waals surface area contributed by atoms with Gasteiger partial charge < -0.3 is 5.32 Å². The molecule has 2 aromatic rings. The fourth-order valence-electron chi connectivity index (χ4n) is 2.78. The fourth-order valence-corrected chi connectivity index (χ4v) is 4.33. The molecule has 0 radical (unpaired) electrons. The van der Waals surface area contributed by atoms with E-state index < -0.39 is 0 Å². The zero-order valence-electron chi connectivity index (χ0n) is 12.4. The third-order valence-corrected chi connectivity index (χ3v) is 5.72. The smallest absolute Gasteiger partial charge is 0.160 e. The van der Waals surface area contributed by atoms with Crippen LogP contribution in [0, 0.1) is 0 Å².